The van der Waals surface area contributed by atoms with Crippen molar-refractivity contribution < 1.29 is 13.5 Å². The van der Waals surface area contributed by atoms with Crippen LogP contribution >= 0.6 is 11.5 Å². The highest BCUT2D eigenvalue weighted by atomic mass is 32.2. The number of anilines is 2. The summed E-state index contributed by atoms with van der Waals surface area (Å²) in [5, 5.41) is 10.7. The lowest BCUT2D eigenvalue weighted by Gasteiger charge is -2.37. The lowest BCUT2D eigenvalue weighted by atomic mass is 9.95. The van der Waals surface area contributed by atoms with Crippen LogP contribution in [0.25, 0.3) is 0 Å². The molecule has 0 amide bonds. The van der Waals surface area contributed by atoms with Gasteiger partial charge in [0.15, 0.2) is 15.7 Å². The fourth-order valence-corrected chi connectivity index (χ4v) is 5.33. The van der Waals surface area contributed by atoms with Gasteiger partial charge < -0.3 is 15.7 Å². The van der Waals surface area contributed by atoms with Gasteiger partial charge >= 0.3 is 0 Å². The van der Waals surface area contributed by atoms with E-state index in [9.17, 15) is 13.5 Å². The van der Waals surface area contributed by atoms with Crippen LogP contribution in [0.5, 0.6) is 0 Å². The van der Waals surface area contributed by atoms with E-state index in [1.54, 1.807) is 6.92 Å². The summed E-state index contributed by atoms with van der Waals surface area (Å²) in [5.41, 5.74) is 4.96. The molecule has 0 spiro atoms. The maximum absolute atomic E-state index is 12.3. The van der Waals surface area contributed by atoms with Crippen LogP contribution in [0.15, 0.2) is 4.90 Å². The topological polar surface area (TPSA) is 96.5 Å². The highest BCUT2D eigenvalue weighted by Crippen LogP contribution is 2.38. The van der Waals surface area contributed by atoms with Crippen molar-refractivity contribution in [1.82, 2.24) is 4.37 Å². The minimum absolute atomic E-state index is 0.0623. The fraction of sp³-hybridized carbons (Fsp3) is 0.750. The summed E-state index contributed by atoms with van der Waals surface area (Å²) in [7, 11) is -3.42. The van der Waals surface area contributed by atoms with Crippen LogP contribution in [0.2, 0.25) is 0 Å². The van der Waals surface area contributed by atoms with Gasteiger partial charge in [-0.05, 0) is 37.7 Å². The summed E-state index contributed by atoms with van der Waals surface area (Å²) < 4.78 is 28.7. The van der Waals surface area contributed by atoms with Crippen LogP contribution in [-0.4, -0.2) is 42.3 Å². The average molecular weight is 319 g/mol. The standard InChI is InChI=1S/C12H21N3O3S2/c1-3-7-20(17,18)9-10(13)14-19-11(9)15-6-4-5-12(2,16)8-15/h16H,3-8H2,1-2H3,(H2,13,14). The van der Waals surface area contributed by atoms with E-state index >= 15 is 0 Å². The van der Waals surface area contributed by atoms with Crippen molar-refractivity contribution in [1.29, 1.82) is 0 Å². The van der Waals surface area contributed by atoms with E-state index in [0.717, 1.165) is 24.4 Å². The summed E-state index contributed by atoms with van der Waals surface area (Å²) in [4.78, 5) is 2.03. The minimum atomic E-state index is -3.42. The molecule has 1 unspecified atom stereocenters. The third-order valence-electron chi connectivity index (χ3n) is 3.40. The number of nitrogens with zero attached hydrogens (tertiary/aromatic N) is 2. The first-order valence-corrected chi connectivity index (χ1v) is 9.14. The Morgan fingerprint density at radius 1 is 1.55 bits per heavy atom. The number of hydrogen-bond donors (Lipinski definition) is 2. The highest BCUT2D eigenvalue weighted by molar-refractivity contribution is 7.91. The second kappa shape index (κ2) is 5.50. The average Bonchev–Trinajstić information content (AvgIpc) is 2.70. The summed E-state index contributed by atoms with van der Waals surface area (Å²) in [6.07, 6.45) is 2.07. The number of piperidine rings is 1. The zero-order chi connectivity index (χ0) is 15.0. The molecule has 20 heavy (non-hydrogen) atoms. The van der Waals surface area contributed by atoms with Crippen molar-refractivity contribution >= 4 is 32.2 Å². The van der Waals surface area contributed by atoms with Gasteiger partial charge in [-0.2, -0.15) is 4.37 Å². The Bertz CT molecular complexity index is 581. The molecule has 1 saturated heterocycles. The predicted octanol–water partition coefficient (Wildman–Crippen LogP) is 1.26. The molecule has 1 aliphatic rings. The number of rotatable bonds is 4. The number of aliphatic hydroxyl groups is 1. The Balaban J connectivity index is 2.39. The number of nitrogens with two attached hydrogens (primary N) is 1. The number of sulfone groups is 1. The molecule has 3 N–H and O–H groups in total. The molecule has 1 fully saturated rings. The molecule has 6 nitrogen and oxygen atoms in total. The van der Waals surface area contributed by atoms with Crippen molar-refractivity contribution in [3.63, 3.8) is 0 Å². The van der Waals surface area contributed by atoms with E-state index in [1.165, 1.54) is 0 Å². The van der Waals surface area contributed by atoms with Crippen LogP contribution in [0.4, 0.5) is 10.8 Å². The van der Waals surface area contributed by atoms with E-state index < -0.39 is 15.4 Å². The normalized spacial score (nSPS) is 24.1. The maximum Gasteiger partial charge on any atom is 0.185 e. The molecular formula is C12H21N3O3S2. The molecule has 1 aromatic heterocycles. The molecule has 2 rings (SSSR count). The van der Waals surface area contributed by atoms with Gasteiger partial charge in [-0.1, -0.05) is 6.92 Å². The molecule has 0 saturated carbocycles. The summed E-state index contributed by atoms with van der Waals surface area (Å²) in [5.74, 6) is 0.135. The second-order valence-corrected chi connectivity index (χ2v) is 8.34. The van der Waals surface area contributed by atoms with Crippen LogP contribution in [0, 0.1) is 0 Å². The van der Waals surface area contributed by atoms with Crippen LogP contribution in [0.3, 0.4) is 0 Å². The van der Waals surface area contributed by atoms with Gasteiger partial charge in [0.1, 0.15) is 9.90 Å². The number of hydrogen-bond acceptors (Lipinski definition) is 7. The summed E-state index contributed by atoms with van der Waals surface area (Å²) >= 11 is 1.10. The van der Waals surface area contributed by atoms with Crippen molar-refractivity contribution in [3.8, 4) is 0 Å². The molecule has 0 bridgehead atoms. The summed E-state index contributed by atoms with van der Waals surface area (Å²) in [6, 6.07) is 0. The van der Waals surface area contributed by atoms with Crippen molar-refractivity contribution in [3.05, 3.63) is 0 Å². The van der Waals surface area contributed by atoms with Gasteiger partial charge in [0.2, 0.25) is 0 Å². The minimum Gasteiger partial charge on any atom is -0.388 e. The van der Waals surface area contributed by atoms with E-state index in [-0.39, 0.29) is 16.5 Å². The molecule has 1 aromatic rings. The first-order chi connectivity index (χ1) is 9.27. The van der Waals surface area contributed by atoms with Gasteiger partial charge in [-0.3, -0.25) is 0 Å². The van der Waals surface area contributed by atoms with Crippen LogP contribution in [-0.2, 0) is 9.84 Å². The molecular weight excluding hydrogens is 298 g/mol. The Labute approximate surface area is 123 Å². The predicted molar refractivity (Wildman–Crippen MR) is 80.9 cm³/mol. The van der Waals surface area contributed by atoms with E-state index in [2.05, 4.69) is 4.37 Å². The molecule has 114 valence electrons. The van der Waals surface area contributed by atoms with Crippen molar-refractivity contribution in [2.75, 3.05) is 29.5 Å². The first kappa shape index (κ1) is 15.5. The molecule has 8 heteroatoms. The largest absolute Gasteiger partial charge is 0.388 e. The molecule has 1 aliphatic heterocycles. The van der Waals surface area contributed by atoms with E-state index in [4.69, 9.17) is 5.73 Å². The molecule has 1 atom stereocenters. The zero-order valence-corrected chi connectivity index (χ0v) is 13.4. The number of β-amino-alcohol motifs (C(OH)–C–C–N with tert-alkyl or cyclic N) is 1. The third kappa shape index (κ3) is 3.07. The quantitative estimate of drug-likeness (QED) is 0.867. The highest BCUT2D eigenvalue weighted by Gasteiger charge is 2.34. The lowest BCUT2D eigenvalue weighted by Crippen LogP contribution is -2.46. The zero-order valence-electron chi connectivity index (χ0n) is 11.8. The van der Waals surface area contributed by atoms with E-state index in [1.807, 2.05) is 11.8 Å². The van der Waals surface area contributed by atoms with Gasteiger partial charge in [-0.15, -0.1) is 0 Å². The number of aromatic nitrogens is 1. The fourth-order valence-electron chi connectivity index (χ4n) is 2.54. The van der Waals surface area contributed by atoms with Crippen molar-refractivity contribution in [2.45, 2.75) is 43.6 Å². The van der Waals surface area contributed by atoms with Gasteiger partial charge in [0.05, 0.1) is 11.4 Å². The van der Waals surface area contributed by atoms with Crippen molar-refractivity contribution in [2.24, 2.45) is 0 Å². The van der Waals surface area contributed by atoms with Crippen LogP contribution < -0.4 is 10.6 Å². The molecule has 0 aliphatic carbocycles. The molecule has 0 aromatic carbocycles. The first-order valence-electron chi connectivity index (χ1n) is 6.72. The maximum atomic E-state index is 12.3. The SMILES string of the molecule is CCCS(=O)(=O)c1c(N)nsc1N1CCCC(C)(O)C1. The van der Waals surface area contributed by atoms with Gasteiger partial charge in [0.25, 0.3) is 0 Å². The molecule has 0 radical (unpaired) electrons. The lowest BCUT2D eigenvalue weighted by molar-refractivity contribution is 0.0450. The number of nitrogen functional groups attached to an aromatic ring is 1. The Morgan fingerprint density at radius 3 is 2.85 bits per heavy atom. The summed E-state index contributed by atoms with van der Waals surface area (Å²) in [6.45, 7) is 4.71. The van der Waals surface area contributed by atoms with Crippen LogP contribution in [0.1, 0.15) is 33.1 Å². The monoisotopic (exact) mass is 319 g/mol. The Hall–Kier alpha value is -0.860. The third-order valence-corrected chi connectivity index (χ3v) is 6.43. The van der Waals surface area contributed by atoms with E-state index in [0.29, 0.717) is 24.5 Å². The second-order valence-electron chi connectivity index (χ2n) is 5.54. The Morgan fingerprint density at radius 2 is 2.25 bits per heavy atom. The smallest absolute Gasteiger partial charge is 0.185 e. The van der Waals surface area contributed by atoms with Gasteiger partial charge in [-0.25, -0.2) is 8.42 Å². The van der Waals surface area contributed by atoms with Gasteiger partial charge in [0, 0.05) is 13.1 Å². The molecule has 2 heterocycles. The Kier molecular flexibility index (Phi) is 4.27.